The maximum Gasteiger partial charge on any atom is 0.490 e. The van der Waals surface area contributed by atoms with Gasteiger partial charge in [0, 0.05) is 25.0 Å². The zero-order valence-corrected chi connectivity index (χ0v) is 18.6. The molecule has 33 heavy (non-hydrogen) atoms. The van der Waals surface area contributed by atoms with Crippen LogP contribution in [0.5, 0.6) is 0 Å². The molecule has 3 aromatic rings. The minimum absolute atomic E-state index is 0.225. The van der Waals surface area contributed by atoms with Gasteiger partial charge in [-0.3, -0.25) is 4.98 Å². The molecule has 176 valence electrons. The normalized spacial score (nSPS) is 12.5. The van der Waals surface area contributed by atoms with E-state index in [1.54, 1.807) is 0 Å². The van der Waals surface area contributed by atoms with Crippen molar-refractivity contribution >= 4 is 5.97 Å². The van der Waals surface area contributed by atoms with Crippen molar-refractivity contribution in [3.8, 4) is 11.1 Å². The Morgan fingerprint density at radius 2 is 1.61 bits per heavy atom. The molecule has 1 heterocycles. The number of carboxylic acid groups (broad SMARTS) is 1. The highest BCUT2D eigenvalue weighted by molar-refractivity contribution is 5.73. The first-order valence-electron chi connectivity index (χ1n) is 10.2. The van der Waals surface area contributed by atoms with Crippen LogP contribution in [0.15, 0.2) is 73.1 Å². The third-order valence-electron chi connectivity index (χ3n) is 4.89. The number of aliphatic carboxylic acids is 1. The van der Waals surface area contributed by atoms with Crippen LogP contribution in [0.1, 0.15) is 43.5 Å². The van der Waals surface area contributed by atoms with Gasteiger partial charge < -0.3 is 15.5 Å². The van der Waals surface area contributed by atoms with Crippen LogP contribution in [0.3, 0.4) is 0 Å². The minimum Gasteiger partial charge on any atom is -0.475 e. The SMILES string of the molecule is CC(NCc1cccc(C(C)(C)O)c1)c1cccc(-c2ccncc2)c1.O=C(O)C(F)(F)F. The first-order chi connectivity index (χ1) is 15.4. The van der Waals surface area contributed by atoms with Crippen molar-refractivity contribution in [3.63, 3.8) is 0 Å². The van der Waals surface area contributed by atoms with Gasteiger partial charge in [0.2, 0.25) is 0 Å². The van der Waals surface area contributed by atoms with E-state index in [1.807, 2.05) is 50.5 Å². The molecular weight excluding hydrogens is 433 g/mol. The summed E-state index contributed by atoms with van der Waals surface area (Å²) in [5.74, 6) is -2.76. The van der Waals surface area contributed by atoms with Crippen molar-refractivity contribution in [1.82, 2.24) is 10.3 Å². The molecule has 1 unspecified atom stereocenters. The predicted octanol–water partition coefficient (Wildman–Crippen LogP) is 5.46. The van der Waals surface area contributed by atoms with E-state index in [-0.39, 0.29) is 6.04 Å². The van der Waals surface area contributed by atoms with Crippen molar-refractivity contribution in [3.05, 3.63) is 89.7 Å². The Bertz CT molecular complexity index is 1050. The van der Waals surface area contributed by atoms with Crippen molar-refractivity contribution < 1.29 is 28.2 Å². The molecule has 1 atom stereocenters. The number of carboxylic acids is 1. The molecule has 5 nitrogen and oxygen atoms in total. The Balaban J connectivity index is 0.000000479. The monoisotopic (exact) mass is 460 g/mol. The number of benzene rings is 2. The van der Waals surface area contributed by atoms with Gasteiger partial charge in [-0.05, 0) is 66.8 Å². The minimum atomic E-state index is -5.08. The Kier molecular flexibility index (Phi) is 8.73. The lowest BCUT2D eigenvalue weighted by Crippen LogP contribution is -2.21. The van der Waals surface area contributed by atoms with Gasteiger partial charge in [0.1, 0.15) is 0 Å². The van der Waals surface area contributed by atoms with Crippen LogP contribution in [0.4, 0.5) is 13.2 Å². The maximum absolute atomic E-state index is 10.6. The highest BCUT2D eigenvalue weighted by atomic mass is 19.4. The van der Waals surface area contributed by atoms with Gasteiger partial charge in [-0.2, -0.15) is 13.2 Å². The summed E-state index contributed by atoms with van der Waals surface area (Å²) in [4.78, 5) is 13.0. The van der Waals surface area contributed by atoms with Crippen LogP contribution in [0.2, 0.25) is 0 Å². The second-order valence-electron chi connectivity index (χ2n) is 8.03. The number of nitrogens with zero attached hydrogens (tertiary/aromatic N) is 1. The highest BCUT2D eigenvalue weighted by Gasteiger charge is 2.38. The zero-order chi connectivity index (χ0) is 24.6. The topological polar surface area (TPSA) is 82.5 Å². The van der Waals surface area contributed by atoms with E-state index in [0.29, 0.717) is 0 Å². The van der Waals surface area contributed by atoms with E-state index >= 15 is 0 Å². The molecule has 8 heteroatoms. The van der Waals surface area contributed by atoms with E-state index in [4.69, 9.17) is 9.90 Å². The summed E-state index contributed by atoms with van der Waals surface area (Å²) in [5.41, 5.74) is 4.90. The summed E-state index contributed by atoms with van der Waals surface area (Å²) in [6.45, 7) is 6.55. The fraction of sp³-hybridized carbons (Fsp3) is 0.280. The first kappa shape index (κ1) is 26.0. The van der Waals surface area contributed by atoms with Gasteiger partial charge >= 0.3 is 12.1 Å². The van der Waals surface area contributed by atoms with Gasteiger partial charge in [-0.25, -0.2) is 4.79 Å². The van der Waals surface area contributed by atoms with Crippen LogP contribution in [0.25, 0.3) is 11.1 Å². The third kappa shape index (κ3) is 8.32. The predicted molar refractivity (Wildman–Crippen MR) is 120 cm³/mol. The van der Waals surface area contributed by atoms with Crippen molar-refractivity contribution in [2.45, 2.75) is 45.1 Å². The summed E-state index contributed by atoms with van der Waals surface area (Å²) in [7, 11) is 0. The quantitative estimate of drug-likeness (QED) is 0.455. The van der Waals surface area contributed by atoms with E-state index in [1.165, 1.54) is 22.3 Å². The molecule has 1 aromatic heterocycles. The molecule has 0 aliphatic carbocycles. The number of nitrogens with one attached hydrogen (secondary N) is 1. The molecule has 0 aliphatic rings. The van der Waals surface area contributed by atoms with E-state index in [0.717, 1.165) is 12.1 Å². The van der Waals surface area contributed by atoms with E-state index in [9.17, 15) is 18.3 Å². The molecule has 0 fully saturated rings. The molecule has 0 amide bonds. The highest BCUT2D eigenvalue weighted by Crippen LogP contribution is 2.24. The first-order valence-corrected chi connectivity index (χ1v) is 10.2. The summed E-state index contributed by atoms with van der Waals surface area (Å²) < 4.78 is 31.7. The Hall–Kier alpha value is -3.23. The molecule has 2 aromatic carbocycles. The average molecular weight is 460 g/mol. The van der Waals surface area contributed by atoms with Crippen LogP contribution in [-0.4, -0.2) is 27.3 Å². The second-order valence-corrected chi connectivity index (χ2v) is 8.03. The molecule has 3 N–H and O–H groups in total. The molecule has 3 rings (SSSR count). The fourth-order valence-corrected chi connectivity index (χ4v) is 2.98. The molecular formula is C25H27F3N2O3. The van der Waals surface area contributed by atoms with E-state index < -0.39 is 17.7 Å². The molecule has 0 bridgehead atoms. The fourth-order valence-electron chi connectivity index (χ4n) is 2.98. The van der Waals surface area contributed by atoms with Crippen LogP contribution in [0, 0.1) is 0 Å². The lowest BCUT2D eigenvalue weighted by atomic mass is 9.96. The lowest BCUT2D eigenvalue weighted by molar-refractivity contribution is -0.192. The molecule has 0 spiro atoms. The number of halogens is 3. The van der Waals surface area contributed by atoms with Crippen molar-refractivity contribution in [2.75, 3.05) is 0 Å². The van der Waals surface area contributed by atoms with Gasteiger partial charge in [0.15, 0.2) is 0 Å². The lowest BCUT2D eigenvalue weighted by Gasteiger charge is -2.20. The zero-order valence-electron chi connectivity index (χ0n) is 18.6. The number of pyridine rings is 1. The number of aromatic nitrogens is 1. The summed E-state index contributed by atoms with van der Waals surface area (Å²) in [5, 5.41) is 20.9. The third-order valence-corrected chi connectivity index (χ3v) is 4.89. The standard InChI is InChI=1S/C23H26N2O.C2HF3O2/c1-17(25-16-18-6-4-9-22(14-18)23(2,3)26)20-7-5-8-21(15-20)19-10-12-24-13-11-19;3-2(4,5)1(6)7/h4-15,17,25-26H,16H2,1-3H3;(H,6,7). The summed E-state index contributed by atoms with van der Waals surface area (Å²) >= 11 is 0. The number of hydrogen-bond acceptors (Lipinski definition) is 4. The summed E-state index contributed by atoms with van der Waals surface area (Å²) in [6, 6.07) is 21.0. The van der Waals surface area contributed by atoms with Gasteiger partial charge in [0.25, 0.3) is 0 Å². The largest absolute Gasteiger partial charge is 0.490 e. The number of aliphatic hydroxyl groups is 1. The van der Waals surface area contributed by atoms with Gasteiger partial charge in [-0.15, -0.1) is 0 Å². The van der Waals surface area contributed by atoms with E-state index in [2.05, 4.69) is 53.6 Å². The van der Waals surface area contributed by atoms with Crippen molar-refractivity contribution in [2.24, 2.45) is 0 Å². The number of alkyl halides is 3. The van der Waals surface area contributed by atoms with Crippen molar-refractivity contribution in [1.29, 1.82) is 0 Å². The summed E-state index contributed by atoms with van der Waals surface area (Å²) in [6.07, 6.45) is -1.45. The second kappa shape index (κ2) is 11.1. The maximum atomic E-state index is 10.6. The Morgan fingerprint density at radius 3 is 2.18 bits per heavy atom. The van der Waals surface area contributed by atoms with Crippen LogP contribution in [-0.2, 0) is 16.9 Å². The molecule has 0 radical (unpaired) electrons. The number of carbonyl (C=O) groups is 1. The molecule has 0 aliphatic heterocycles. The van der Waals surface area contributed by atoms with Crippen LogP contribution >= 0.6 is 0 Å². The Morgan fingerprint density at radius 1 is 1.00 bits per heavy atom. The molecule has 0 saturated heterocycles. The number of rotatable bonds is 6. The Labute approximate surface area is 190 Å². The number of hydrogen-bond donors (Lipinski definition) is 3. The van der Waals surface area contributed by atoms with Gasteiger partial charge in [-0.1, -0.05) is 42.5 Å². The van der Waals surface area contributed by atoms with Crippen LogP contribution < -0.4 is 5.32 Å². The average Bonchev–Trinajstić information content (AvgIpc) is 2.77. The molecule has 0 saturated carbocycles. The van der Waals surface area contributed by atoms with Gasteiger partial charge in [0.05, 0.1) is 5.60 Å². The smallest absolute Gasteiger partial charge is 0.475 e.